The topological polar surface area (TPSA) is 78.9 Å². The summed E-state index contributed by atoms with van der Waals surface area (Å²) in [4.78, 5) is 28.1. The van der Waals surface area contributed by atoms with Crippen molar-refractivity contribution in [1.82, 2.24) is 5.32 Å². The third-order valence-corrected chi connectivity index (χ3v) is 5.23. The van der Waals surface area contributed by atoms with Crippen molar-refractivity contribution in [3.8, 4) is 0 Å². The van der Waals surface area contributed by atoms with Gasteiger partial charge in [-0.1, -0.05) is 36.0 Å². The van der Waals surface area contributed by atoms with E-state index in [2.05, 4.69) is 27.1 Å². The van der Waals surface area contributed by atoms with Crippen LogP contribution in [0.15, 0.2) is 58.3 Å². The van der Waals surface area contributed by atoms with Crippen LogP contribution in [0.1, 0.15) is 6.42 Å². The molecule has 136 valence electrons. The lowest BCUT2D eigenvalue weighted by molar-refractivity contribution is -0.146. The van der Waals surface area contributed by atoms with Gasteiger partial charge in [0.15, 0.2) is 6.04 Å². The molecule has 0 fully saturated rings. The third-order valence-electron chi connectivity index (χ3n) is 4.10. The van der Waals surface area contributed by atoms with Gasteiger partial charge >= 0.3 is 5.97 Å². The Bertz CT molecular complexity index is 766. The molecule has 0 bridgehead atoms. The fraction of sp³-hybridized carbons (Fsp3) is 0.263. The van der Waals surface area contributed by atoms with E-state index in [0.717, 1.165) is 21.2 Å². The summed E-state index contributed by atoms with van der Waals surface area (Å²) < 4.78 is 4.56. The molecule has 2 aromatic rings. The van der Waals surface area contributed by atoms with Crippen LogP contribution in [0.2, 0.25) is 0 Å². The van der Waals surface area contributed by atoms with Gasteiger partial charge in [-0.3, -0.25) is 4.79 Å². The van der Waals surface area contributed by atoms with Gasteiger partial charge in [0.1, 0.15) is 0 Å². The number of anilines is 2. The molecule has 2 aromatic carbocycles. The van der Waals surface area contributed by atoms with Crippen molar-refractivity contribution in [2.24, 2.45) is 0 Å². The number of carbonyl (C=O) groups excluding carboxylic acids is 2. The average molecular weight is 372 g/mol. The molecule has 0 aromatic heterocycles. The molecule has 1 aliphatic rings. The van der Waals surface area contributed by atoms with Gasteiger partial charge in [-0.15, -0.1) is 0 Å². The number of hydrogen-bond acceptors (Lipinski definition) is 6. The Morgan fingerprint density at radius 2 is 1.69 bits per heavy atom. The van der Waals surface area contributed by atoms with Crippen molar-refractivity contribution in [1.29, 1.82) is 0 Å². The predicted molar refractivity (Wildman–Crippen MR) is 99.7 cm³/mol. The summed E-state index contributed by atoms with van der Waals surface area (Å²) in [6.07, 6.45) is 0.181. The lowest BCUT2D eigenvalue weighted by atomic mass is 10.2. The molecule has 0 spiro atoms. The average Bonchev–Trinajstić information content (AvgIpc) is 2.68. The number of aliphatic hydroxyl groups is 1. The van der Waals surface area contributed by atoms with E-state index in [1.54, 1.807) is 11.8 Å². The number of ether oxygens (including phenoxy) is 1. The molecule has 0 saturated heterocycles. The Balaban J connectivity index is 1.74. The largest absolute Gasteiger partial charge is 0.467 e. The first-order valence-electron chi connectivity index (χ1n) is 8.25. The molecular weight excluding hydrogens is 352 g/mol. The Kier molecular flexibility index (Phi) is 5.80. The molecular formula is C19H20N2O4S. The molecule has 1 aliphatic heterocycles. The normalized spacial score (nSPS) is 13.4. The predicted octanol–water partition coefficient (Wildman–Crippen LogP) is 2.33. The van der Waals surface area contributed by atoms with Crippen LogP contribution in [0, 0.1) is 0 Å². The number of amides is 1. The van der Waals surface area contributed by atoms with E-state index in [0.29, 0.717) is 6.54 Å². The van der Waals surface area contributed by atoms with Gasteiger partial charge < -0.3 is 20.1 Å². The molecule has 3 rings (SSSR count). The quantitative estimate of drug-likeness (QED) is 0.758. The van der Waals surface area contributed by atoms with Gasteiger partial charge in [-0.2, -0.15) is 0 Å². The molecule has 0 unspecified atom stereocenters. The highest BCUT2D eigenvalue weighted by Gasteiger charge is 2.24. The van der Waals surface area contributed by atoms with Gasteiger partial charge in [-0.05, 0) is 24.3 Å². The summed E-state index contributed by atoms with van der Waals surface area (Å²) in [7, 11) is 1.22. The van der Waals surface area contributed by atoms with Crippen LogP contribution in [0.4, 0.5) is 11.4 Å². The maximum Gasteiger partial charge on any atom is 0.330 e. The first-order chi connectivity index (χ1) is 12.6. The zero-order chi connectivity index (χ0) is 18.5. The second-order valence-electron chi connectivity index (χ2n) is 5.76. The lowest BCUT2D eigenvalue weighted by Crippen LogP contribution is -2.44. The van der Waals surface area contributed by atoms with Crippen molar-refractivity contribution in [2.45, 2.75) is 22.3 Å². The maximum absolute atomic E-state index is 12.2. The molecule has 26 heavy (non-hydrogen) atoms. The van der Waals surface area contributed by atoms with E-state index in [4.69, 9.17) is 0 Å². The number of hydrogen-bond donors (Lipinski definition) is 2. The Hall–Kier alpha value is -2.51. The van der Waals surface area contributed by atoms with E-state index < -0.39 is 18.6 Å². The number of benzene rings is 2. The molecule has 6 nitrogen and oxygen atoms in total. The molecule has 1 atom stereocenters. The lowest BCUT2D eigenvalue weighted by Gasteiger charge is -2.32. The van der Waals surface area contributed by atoms with Crippen LogP contribution in [0.3, 0.4) is 0 Å². The number of nitrogens with zero attached hydrogens (tertiary/aromatic N) is 1. The highest BCUT2D eigenvalue weighted by Crippen LogP contribution is 2.47. The van der Waals surface area contributed by atoms with E-state index >= 15 is 0 Å². The second kappa shape index (κ2) is 8.25. The SMILES string of the molecule is COC(=O)[C@H](CO)NC(=O)CCN1c2ccccc2Sc2ccccc21. The van der Waals surface area contributed by atoms with Crippen LogP contribution in [0.5, 0.6) is 0 Å². The van der Waals surface area contributed by atoms with Crippen LogP contribution >= 0.6 is 11.8 Å². The molecule has 1 heterocycles. The zero-order valence-electron chi connectivity index (χ0n) is 14.3. The summed E-state index contributed by atoms with van der Waals surface area (Å²) in [5, 5.41) is 11.7. The number of fused-ring (bicyclic) bond motifs is 2. The molecule has 1 amide bonds. The van der Waals surface area contributed by atoms with Crippen LogP contribution in [0.25, 0.3) is 0 Å². The molecule has 0 aliphatic carbocycles. The molecule has 0 radical (unpaired) electrons. The Morgan fingerprint density at radius 1 is 1.12 bits per heavy atom. The maximum atomic E-state index is 12.2. The molecule has 0 saturated carbocycles. The van der Waals surface area contributed by atoms with Crippen molar-refractivity contribution in [2.75, 3.05) is 25.2 Å². The molecule has 7 heteroatoms. The fourth-order valence-corrected chi connectivity index (χ4v) is 3.92. The summed E-state index contributed by atoms with van der Waals surface area (Å²) in [6.45, 7) is -0.0375. The van der Waals surface area contributed by atoms with Crippen LogP contribution in [-0.2, 0) is 14.3 Å². The number of nitrogens with one attached hydrogen (secondary N) is 1. The number of esters is 1. The van der Waals surface area contributed by atoms with E-state index in [1.807, 2.05) is 36.4 Å². The van der Waals surface area contributed by atoms with E-state index in [1.165, 1.54) is 7.11 Å². The molecule has 2 N–H and O–H groups in total. The Morgan fingerprint density at radius 3 is 2.23 bits per heavy atom. The van der Waals surface area contributed by atoms with Gasteiger partial charge in [0.2, 0.25) is 5.91 Å². The van der Waals surface area contributed by atoms with Crippen molar-refractivity contribution in [3.63, 3.8) is 0 Å². The van der Waals surface area contributed by atoms with Gasteiger partial charge in [-0.25, -0.2) is 4.79 Å². The summed E-state index contributed by atoms with van der Waals surface area (Å²) in [5.74, 6) is -0.978. The van der Waals surface area contributed by atoms with Crippen molar-refractivity contribution < 1.29 is 19.4 Å². The van der Waals surface area contributed by atoms with Gasteiger partial charge in [0, 0.05) is 22.8 Å². The first kappa shape index (κ1) is 18.3. The van der Waals surface area contributed by atoms with Crippen molar-refractivity contribution >= 4 is 35.0 Å². The minimum absolute atomic E-state index is 0.181. The zero-order valence-corrected chi connectivity index (χ0v) is 15.2. The summed E-state index contributed by atoms with van der Waals surface area (Å²) in [6, 6.07) is 15.1. The summed E-state index contributed by atoms with van der Waals surface area (Å²) in [5.41, 5.74) is 2.10. The summed E-state index contributed by atoms with van der Waals surface area (Å²) >= 11 is 1.71. The van der Waals surface area contributed by atoms with Crippen LogP contribution < -0.4 is 10.2 Å². The number of rotatable bonds is 6. The van der Waals surface area contributed by atoms with Crippen molar-refractivity contribution in [3.05, 3.63) is 48.5 Å². The number of aliphatic hydroxyl groups excluding tert-OH is 1. The number of methoxy groups -OCH3 is 1. The Labute approximate surface area is 156 Å². The van der Waals surface area contributed by atoms with Gasteiger partial charge in [0.25, 0.3) is 0 Å². The third kappa shape index (κ3) is 3.84. The van der Waals surface area contributed by atoms with E-state index in [-0.39, 0.29) is 12.3 Å². The van der Waals surface area contributed by atoms with Crippen LogP contribution in [-0.4, -0.2) is 43.3 Å². The number of carbonyl (C=O) groups is 2. The highest BCUT2D eigenvalue weighted by molar-refractivity contribution is 7.99. The monoisotopic (exact) mass is 372 g/mol. The smallest absolute Gasteiger partial charge is 0.330 e. The van der Waals surface area contributed by atoms with E-state index in [9.17, 15) is 14.7 Å². The number of para-hydroxylation sites is 2. The highest BCUT2D eigenvalue weighted by atomic mass is 32.2. The second-order valence-corrected chi connectivity index (χ2v) is 6.85. The van der Waals surface area contributed by atoms with Gasteiger partial charge in [0.05, 0.1) is 25.1 Å². The first-order valence-corrected chi connectivity index (χ1v) is 9.07. The minimum atomic E-state index is -1.04. The standard InChI is InChI=1S/C19H20N2O4S/c1-25-19(24)13(12-22)20-18(23)10-11-21-14-6-2-4-8-16(14)26-17-9-5-3-7-15(17)21/h2-9,13,22H,10-12H2,1H3,(H,20,23)/t13-/m0/s1. The minimum Gasteiger partial charge on any atom is -0.467 e. The fourth-order valence-electron chi connectivity index (χ4n) is 2.82.